The van der Waals surface area contributed by atoms with Crippen molar-refractivity contribution in [1.82, 2.24) is 18.7 Å². The fraction of sp³-hybridized carbons (Fsp3) is 0.250. The Morgan fingerprint density at radius 3 is 2.46 bits per heavy atom. The van der Waals surface area contributed by atoms with E-state index in [9.17, 15) is 9.59 Å². The maximum absolute atomic E-state index is 12.6. The van der Waals surface area contributed by atoms with Gasteiger partial charge in [0.15, 0.2) is 11.2 Å². The molecule has 4 rings (SSSR count). The number of rotatable bonds is 2. The van der Waals surface area contributed by atoms with Crippen LogP contribution in [0.15, 0.2) is 39.0 Å². The molecule has 26 heavy (non-hydrogen) atoms. The number of anilines is 1. The number of benzene rings is 1. The molecule has 2 aromatic heterocycles. The summed E-state index contributed by atoms with van der Waals surface area (Å²) in [5.74, 6) is 1.19. The largest absolute Gasteiger partial charge is 0.497 e. The van der Waals surface area contributed by atoms with Gasteiger partial charge in [-0.2, -0.15) is 10.1 Å². The van der Waals surface area contributed by atoms with Crippen molar-refractivity contribution in [3.05, 3.63) is 50.7 Å². The number of nitrogens with zero attached hydrogens (tertiary/aromatic N) is 5. The highest BCUT2D eigenvalue weighted by molar-refractivity contribution is 8.93. The maximum Gasteiger partial charge on any atom is 0.332 e. The summed E-state index contributed by atoms with van der Waals surface area (Å²) in [7, 11) is 4.66. The minimum atomic E-state index is -0.413. The number of hydrazone groups is 1. The molecule has 0 saturated carbocycles. The minimum absolute atomic E-state index is 0. The van der Waals surface area contributed by atoms with E-state index in [1.54, 1.807) is 18.7 Å². The van der Waals surface area contributed by atoms with Crippen molar-refractivity contribution in [2.75, 3.05) is 12.5 Å². The van der Waals surface area contributed by atoms with Crippen LogP contribution in [0.2, 0.25) is 0 Å². The lowest BCUT2D eigenvalue weighted by Crippen LogP contribution is -2.38. The zero-order chi connectivity index (χ0) is 17.7. The smallest absolute Gasteiger partial charge is 0.332 e. The van der Waals surface area contributed by atoms with Crippen LogP contribution in [0.5, 0.6) is 5.75 Å². The minimum Gasteiger partial charge on any atom is -0.497 e. The van der Waals surface area contributed by atoms with E-state index < -0.39 is 5.69 Å². The molecule has 0 atom stereocenters. The van der Waals surface area contributed by atoms with Gasteiger partial charge in [0.2, 0.25) is 5.95 Å². The Labute approximate surface area is 158 Å². The van der Waals surface area contributed by atoms with E-state index in [1.807, 2.05) is 24.3 Å². The summed E-state index contributed by atoms with van der Waals surface area (Å²) in [6.07, 6.45) is 0. The van der Waals surface area contributed by atoms with Crippen LogP contribution >= 0.6 is 17.0 Å². The number of nitrogens with one attached hydrogen (secondary N) is 1. The summed E-state index contributed by atoms with van der Waals surface area (Å²) < 4.78 is 9.34. The summed E-state index contributed by atoms with van der Waals surface area (Å²) in [4.78, 5) is 29.0. The molecular formula is C16H17BrN6O3. The molecular weight excluding hydrogens is 404 g/mol. The molecule has 3 aromatic rings. The Morgan fingerprint density at radius 2 is 1.81 bits per heavy atom. The molecule has 0 fully saturated rings. The van der Waals surface area contributed by atoms with Crippen molar-refractivity contribution in [1.29, 1.82) is 0 Å². The van der Waals surface area contributed by atoms with Gasteiger partial charge < -0.3 is 4.74 Å². The Morgan fingerprint density at radius 1 is 1.12 bits per heavy atom. The molecule has 10 heteroatoms. The predicted octanol–water partition coefficient (Wildman–Crippen LogP) is 0.850. The summed E-state index contributed by atoms with van der Waals surface area (Å²) >= 11 is 0. The van der Waals surface area contributed by atoms with Crippen LogP contribution in [0.4, 0.5) is 5.95 Å². The summed E-state index contributed by atoms with van der Waals surface area (Å²) in [5.41, 5.74) is 4.44. The quantitative estimate of drug-likeness (QED) is 0.662. The lowest BCUT2D eigenvalue weighted by molar-refractivity contribution is 0.415. The third kappa shape index (κ3) is 2.53. The van der Waals surface area contributed by atoms with Gasteiger partial charge in [-0.1, -0.05) is 0 Å². The topological polar surface area (TPSA) is 95.4 Å². The monoisotopic (exact) mass is 420 g/mol. The van der Waals surface area contributed by atoms with Gasteiger partial charge in [-0.25, -0.2) is 10.2 Å². The number of halogens is 1. The number of aryl methyl sites for hydroxylation is 1. The number of hydrogen-bond donors (Lipinski definition) is 1. The van der Waals surface area contributed by atoms with Gasteiger partial charge in [-0.05, 0) is 29.8 Å². The normalized spacial score (nSPS) is 12.8. The second-order valence-corrected chi connectivity index (χ2v) is 5.80. The molecule has 136 valence electrons. The van der Waals surface area contributed by atoms with Crippen molar-refractivity contribution in [2.24, 2.45) is 19.2 Å². The number of hydrogen-bond acceptors (Lipinski definition) is 6. The van der Waals surface area contributed by atoms with Gasteiger partial charge in [0.25, 0.3) is 5.56 Å². The first-order valence-electron chi connectivity index (χ1n) is 7.64. The van der Waals surface area contributed by atoms with Crippen LogP contribution in [0, 0.1) is 0 Å². The standard InChI is InChI=1S/C16H16N6O3.BrH/c1-20-13-12(14(23)21(2)16(20)24)22-8-11(18-19-15(22)17-13)9-4-6-10(25-3)7-5-9;/h4-7H,8H2,1-3H3,(H,17,19);1H. The van der Waals surface area contributed by atoms with Crippen LogP contribution in [-0.4, -0.2) is 31.5 Å². The van der Waals surface area contributed by atoms with E-state index in [4.69, 9.17) is 4.74 Å². The van der Waals surface area contributed by atoms with Gasteiger partial charge in [-0.15, -0.1) is 17.0 Å². The number of methoxy groups -OCH3 is 1. The van der Waals surface area contributed by atoms with Crippen molar-refractivity contribution in [3.8, 4) is 5.75 Å². The molecule has 0 radical (unpaired) electrons. The number of fused-ring (bicyclic) bond motifs is 3. The Kier molecular flexibility index (Phi) is 4.45. The van der Waals surface area contributed by atoms with Crippen molar-refractivity contribution in [3.63, 3.8) is 0 Å². The van der Waals surface area contributed by atoms with Gasteiger partial charge in [-0.3, -0.25) is 18.5 Å². The summed E-state index contributed by atoms with van der Waals surface area (Å²) in [6, 6.07) is 7.50. The van der Waals surface area contributed by atoms with Gasteiger partial charge in [0.1, 0.15) is 5.75 Å². The molecule has 9 nitrogen and oxygen atoms in total. The zero-order valence-corrected chi connectivity index (χ0v) is 16.1. The molecule has 1 aliphatic heterocycles. The van der Waals surface area contributed by atoms with E-state index in [2.05, 4.69) is 15.5 Å². The maximum atomic E-state index is 12.6. The van der Waals surface area contributed by atoms with E-state index >= 15 is 0 Å². The SMILES string of the molecule is Br.COc1ccc(C2=NNc3nc4c(c(=O)n(C)c(=O)n4C)n3C2)cc1. The zero-order valence-electron chi connectivity index (χ0n) is 14.4. The van der Waals surface area contributed by atoms with E-state index in [0.717, 1.165) is 21.6 Å². The van der Waals surface area contributed by atoms with Crippen LogP contribution in [0.3, 0.4) is 0 Å². The molecule has 0 amide bonds. The Balaban J connectivity index is 0.00000196. The molecule has 0 unspecified atom stereocenters. The van der Waals surface area contributed by atoms with Gasteiger partial charge in [0.05, 0.1) is 19.4 Å². The molecule has 1 aliphatic rings. The van der Waals surface area contributed by atoms with Crippen LogP contribution in [-0.2, 0) is 20.6 Å². The highest BCUT2D eigenvalue weighted by atomic mass is 79.9. The van der Waals surface area contributed by atoms with Crippen molar-refractivity contribution in [2.45, 2.75) is 6.54 Å². The Hall–Kier alpha value is -2.88. The van der Waals surface area contributed by atoms with Crippen molar-refractivity contribution < 1.29 is 4.74 Å². The predicted molar refractivity (Wildman–Crippen MR) is 104 cm³/mol. The van der Waals surface area contributed by atoms with Gasteiger partial charge in [0, 0.05) is 14.1 Å². The summed E-state index contributed by atoms with van der Waals surface area (Å²) in [6.45, 7) is 0.374. The van der Waals surface area contributed by atoms with Crippen LogP contribution in [0.1, 0.15) is 5.56 Å². The number of imidazole rings is 1. The average molecular weight is 421 g/mol. The first-order chi connectivity index (χ1) is 12.0. The van der Waals surface area contributed by atoms with E-state index in [0.29, 0.717) is 23.7 Å². The number of ether oxygens (including phenoxy) is 1. The van der Waals surface area contributed by atoms with Gasteiger partial charge >= 0.3 is 5.69 Å². The molecule has 1 N–H and O–H groups in total. The second kappa shape index (κ2) is 6.45. The highest BCUT2D eigenvalue weighted by Crippen LogP contribution is 2.21. The molecule has 0 saturated heterocycles. The first-order valence-corrected chi connectivity index (χ1v) is 7.64. The van der Waals surface area contributed by atoms with E-state index in [1.165, 1.54) is 11.6 Å². The van der Waals surface area contributed by atoms with Crippen LogP contribution in [0.25, 0.3) is 11.2 Å². The fourth-order valence-corrected chi connectivity index (χ4v) is 2.93. The van der Waals surface area contributed by atoms with Crippen molar-refractivity contribution >= 4 is 39.8 Å². The average Bonchev–Trinajstić information content (AvgIpc) is 3.03. The van der Waals surface area contributed by atoms with E-state index in [-0.39, 0.29) is 22.5 Å². The lowest BCUT2D eigenvalue weighted by Gasteiger charge is -2.16. The molecule has 3 heterocycles. The summed E-state index contributed by atoms with van der Waals surface area (Å²) in [5, 5.41) is 4.34. The molecule has 1 aromatic carbocycles. The Bertz CT molecular complexity index is 1140. The molecule has 0 spiro atoms. The third-order valence-electron chi connectivity index (χ3n) is 4.37. The second-order valence-electron chi connectivity index (χ2n) is 5.80. The molecule has 0 aliphatic carbocycles. The lowest BCUT2D eigenvalue weighted by atomic mass is 10.1. The van der Waals surface area contributed by atoms with Crippen LogP contribution < -0.4 is 21.4 Å². The third-order valence-corrected chi connectivity index (χ3v) is 4.37. The fourth-order valence-electron chi connectivity index (χ4n) is 2.93. The highest BCUT2D eigenvalue weighted by Gasteiger charge is 2.23. The molecule has 0 bridgehead atoms. The number of aromatic nitrogens is 4. The first kappa shape index (κ1) is 17.9.